The maximum atomic E-state index is 12.5. The van der Waals surface area contributed by atoms with Gasteiger partial charge in [-0.05, 0) is 32.1 Å². The number of unbranched alkanes of at least 4 members (excludes halogenated alkanes) is 49. The molecule has 2 unspecified atom stereocenters. The van der Waals surface area contributed by atoms with Crippen LogP contribution in [0, 0.1) is 0 Å². The largest absolute Gasteiger partial charge is 0.466 e. The highest BCUT2D eigenvalue weighted by Gasteiger charge is 2.18. The molecule has 0 fully saturated rings. The van der Waals surface area contributed by atoms with Crippen molar-refractivity contribution in [2.45, 2.75) is 373 Å². The number of rotatable bonds is 60. The summed E-state index contributed by atoms with van der Waals surface area (Å²) in [5.74, 6) is -0.0465. The lowest BCUT2D eigenvalue weighted by molar-refractivity contribution is -0.143. The molecule has 0 radical (unpaired) electrons. The summed E-state index contributed by atoms with van der Waals surface area (Å²) in [7, 11) is 0. The van der Waals surface area contributed by atoms with E-state index in [1.807, 2.05) is 6.08 Å². The number of allylic oxidation sites excluding steroid dienone is 1. The molecule has 0 heterocycles. The molecule has 0 aliphatic carbocycles. The molecule has 0 saturated carbocycles. The molecule has 0 bridgehead atoms. The average molecular weight is 989 g/mol. The molecule has 3 N–H and O–H groups in total. The first-order valence-corrected chi connectivity index (χ1v) is 32.0. The number of carbonyl (C=O) groups excluding carboxylic acids is 2. The summed E-state index contributed by atoms with van der Waals surface area (Å²) in [6.07, 6.45) is 72.6. The predicted molar refractivity (Wildman–Crippen MR) is 306 cm³/mol. The van der Waals surface area contributed by atoms with E-state index in [0.29, 0.717) is 19.4 Å². The lowest BCUT2D eigenvalue weighted by atomic mass is 10.0. The van der Waals surface area contributed by atoms with Crippen LogP contribution in [-0.4, -0.2) is 47.4 Å². The third-order valence-corrected chi connectivity index (χ3v) is 15.1. The molecule has 0 saturated heterocycles. The van der Waals surface area contributed by atoms with E-state index in [1.165, 1.54) is 295 Å². The number of esters is 1. The minimum absolute atomic E-state index is 0.0179. The van der Waals surface area contributed by atoms with Gasteiger partial charge in [0.2, 0.25) is 5.91 Å². The number of hydrogen-bond acceptors (Lipinski definition) is 5. The number of carbonyl (C=O) groups is 2. The van der Waals surface area contributed by atoms with Gasteiger partial charge in [0.05, 0.1) is 25.4 Å². The van der Waals surface area contributed by atoms with E-state index in [0.717, 1.165) is 38.5 Å². The molecule has 6 nitrogen and oxygen atoms in total. The highest BCUT2D eigenvalue weighted by Crippen LogP contribution is 2.18. The summed E-state index contributed by atoms with van der Waals surface area (Å²) in [5.41, 5.74) is 0. The molecule has 0 aromatic heterocycles. The predicted octanol–water partition coefficient (Wildman–Crippen LogP) is 20.0. The first-order valence-electron chi connectivity index (χ1n) is 32.0. The fourth-order valence-corrected chi connectivity index (χ4v) is 10.2. The molecule has 6 heteroatoms. The summed E-state index contributed by atoms with van der Waals surface area (Å²) >= 11 is 0. The summed E-state index contributed by atoms with van der Waals surface area (Å²) in [6.45, 7) is 4.93. The van der Waals surface area contributed by atoms with Gasteiger partial charge in [-0.1, -0.05) is 328 Å². The molecular weight excluding hydrogens is 863 g/mol. The van der Waals surface area contributed by atoms with Gasteiger partial charge in [0.15, 0.2) is 0 Å². The van der Waals surface area contributed by atoms with Gasteiger partial charge in [0.25, 0.3) is 0 Å². The molecule has 0 aromatic carbocycles. The van der Waals surface area contributed by atoms with Gasteiger partial charge < -0.3 is 20.3 Å². The van der Waals surface area contributed by atoms with Gasteiger partial charge in [0, 0.05) is 12.8 Å². The van der Waals surface area contributed by atoms with Crippen molar-refractivity contribution in [1.29, 1.82) is 0 Å². The van der Waals surface area contributed by atoms with Gasteiger partial charge in [-0.25, -0.2) is 0 Å². The van der Waals surface area contributed by atoms with Crippen LogP contribution in [0.1, 0.15) is 361 Å². The van der Waals surface area contributed by atoms with E-state index in [1.54, 1.807) is 6.08 Å². The van der Waals surface area contributed by atoms with Crippen LogP contribution in [0.4, 0.5) is 0 Å². The van der Waals surface area contributed by atoms with Crippen molar-refractivity contribution in [1.82, 2.24) is 5.32 Å². The van der Waals surface area contributed by atoms with Gasteiger partial charge in [0.1, 0.15) is 0 Å². The Labute approximate surface area is 438 Å². The second-order valence-corrected chi connectivity index (χ2v) is 22.1. The highest BCUT2D eigenvalue weighted by molar-refractivity contribution is 5.76. The SMILES string of the molecule is CCCCCCCCCCCCCCC/C=C/C(O)C(CO)NC(=O)CCCCCCCCCCCCCCCCCCCCCCCCCCOC(=O)CCCCCCCCCCCCCCCC. The smallest absolute Gasteiger partial charge is 0.305 e. The van der Waals surface area contributed by atoms with Crippen molar-refractivity contribution in [2.75, 3.05) is 13.2 Å². The number of aliphatic hydroxyl groups is 2. The van der Waals surface area contributed by atoms with E-state index in [2.05, 4.69) is 19.2 Å². The fraction of sp³-hybridized carbons (Fsp3) is 0.938. The molecular formula is C64H125NO5. The Morgan fingerprint density at radius 2 is 0.657 bits per heavy atom. The topological polar surface area (TPSA) is 95.9 Å². The standard InChI is InChI=1S/C64H125NO5/c1-3-5-7-9-11-13-15-17-29-32-36-40-44-48-52-56-62(67)61(60-66)65-63(68)57-53-49-45-41-37-33-30-27-25-23-21-19-20-22-24-26-28-31-35-39-43-47-51-55-59-70-64(69)58-54-50-46-42-38-34-18-16-14-12-10-8-6-4-2/h52,56,61-62,66-67H,3-51,53-55,57-60H2,1-2H3,(H,65,68)/b56-52+. The van der Waals surface area contributed by atoms with Crippen molar-refractivity contribution >= 4 is 11.9 Å². The molecule has 0 rings (SSSR count). The number of amides is 1. The highest BCUT2D eigenvalue weighted by atomic mass is 16.5. The zero-order valence-corrected chi connectivity index (χ0v) is 47.5. The molecule has 0 spiro atoms. The second kappa shape index (κ2) is 60.2. The fourth-order valence-electron chi connectivity index (χ4n) is 10.2. The second-order valence-electron chi connectivity index (χ2n) is 22.1. The van der Waals surface area contributed by atoms with Crippen molar-refractivity contribution in [3.63, 3.8) is 0 Å². The Hall–Kier alpha value is -1.40. The number of hydrogen-bond donors (Lipinski definition) is 3. The minimum Gasteiger partial charge on any atom is -0.466 e. The van der Waals surface area contributed by atoms with Crippen molar-refractivity contribution in [2.24, 2.45) is 0 Å². The molecule has 2 atom stereocenters. The molecule has 1 amide bonds. The summed E-state index contributed by atoms with van der Waals surface area (Å²) in [5, 5.41) is 23.1. The summed E-state index contributed by atoms with van der Waals surface area (Å²) in [6, 6.07) is -0.626. The van der Waals surface area contributed by atoms with E-state index in [-0.39, 0.29) is 18.5 Å². The number of ether oxygens (including phenoxy) is 1. The van der Waals surface area contributed by atoms with Crippen LogP contribution >= 0.6 is 0 Å². The van der Waals surface area contributed by atoms with Crippen LogP contribution in [0.2, 0.25) is 0 Å². The van der Waals surface area contributed by atoms with Gasteiger partial charge in [-0.3, -0.25) is 9.59 Å². The first kappa shape index (κ1) is 68.6. The van der Waals surface area contributed by atoms with Crippen LogP contribution in [0.3, 0.4) is 0 Å². The van der Waals surface area contributed by atoms with Crippen LogP contribution in [-0.2, 0) is 14.3 Å². The Balaban J connectivity index is 3.37. The first-order chi connectivity index (χ1) is 34.5. The Morgan fingerprint density at radius 3 is 0.971 bits per heavy atom. The summed E-state index contributed by atoms with van der Waals surface area (Å²) < 4.78 is 5.49. The van der Waals surface area contributed by atoms with E-state index in [9.17, 15) is 19.8 Å². The van der Waals surface area contributed by atoms with E-state index in [4.69, 9.17) is 4.74 Å². The number of aliphatic hydroxyl groups excluding tert-OH is 2. The number of nitrogens with one attached hydrogen (secondary N) is 1. The Morgan fingerprint density at radius 1 is 0.386 bits per heavy atom. The van der Waals surface area contributed by atoms with Crippen LogP contribution in [0.25, 0.3) is 0 Å². The quantitative estimate of drug-likeness (QED) is 0.0321. The van der Waals surface area contributed by atoms with Crippen LogP contribution in [0.15, 0.2) is 12.2 Å². The average Bonchev–Trinajstić information content (AvgIpc) is 3.36. The molecule has 0 aromatic rings. The van der Waals surface area contributed by atoms with Crippen molar-refractivity contribution in [3.05, 3.63) is 12.2 Å². The van der Waals surface area contributed by atoms with Crippen LogP contribution < -0.4 is 5.32 Å². The van der Waals surface area contributed by atoms with Gasteiger partial charge >= 0.3 is 5.97 Å². The molecule has 70 heavy (non-hydrogen) atoms. The van der Waals surface area contributed by atoms with Gasteiger partial charge in [-0.2, -0.15) is 0 Å². The summed E-state index contributed by atoms with van der Waals surface area (Å²) in [4.78, 5) is 24.5. The third-order valence-electron chi connectivity index (χ3n) is 15.1. The lowest BCUT2D eigenvalue weighted by Gasteiger charge is -2.20. The normalized spacial score (nSPS) is 12.6. The van der Waals surface area contributed by atoms with Gasteiger partial charge in [-0.15, -0.1) is 0 Å². The Bertz CT molecular complexity index is 1050. The minimum atomic E-state index is -0.842. The van der Waals surface area contributed by atoms with Crippen molar-refractivity contribution < 1.29 is 24.5 Å². The van der Waals surface area contributed by atoms with E-state index < -0.39 is 12.1 Å². The maximum Gasteiger partial charge on any atom is 0.305 e. The third kappa shape index (κ3) is 55.9. The van der Waals surface area contributed by atoms with E-state index >= 15 is 0 Å². The van der Waals surface area contributed by atoms with Crippen LogP contribution in [0.5, 0.6) is 0 Å². The molecule has 0 aliphatic heterocycles. The molecule has 416 valence electrons. The monoisotopic (exact) mass is 988 g/mol. The molecule has 0 aliphatic rings. The lowest BCUT2D eigenvalue weighted by Crippen LogP contribution is -2.45. The Kier molecular flexibility index (Phi) is 59.0. The van der Waals surface area contributed by atoms with Crippen molar-refractivity contribution in [3.8, 4) is 0 Å². The maximum absolute atomic E-state index is 12.5. The zero-order valence-electron chi connectivity index (χ0n) is 47.5. The zero-order chi connectivity index (χ0) is 50.7.